The van der Waals surface area contributed by atoms with E-state index in [1.165, 1.54) is 8.64 Å². The van der Waals surface area contributed by atoms with Gasteiger partial charge in [-0.05, 0) is 34.8 Å². The first-order valence-electron chi connectivity index (χ1n) is 5.19. The van der Waals surface area contributed by atoms with E-state index in [9.17, 15) is 5.11 Å². The van der Waals surface area contributed by atoms with Gasteiger partial charge in [0, 0.05) is 6.61 Å². The molecule has 0 rings (SSSR count). The van der Waals surface area contributed by atoms with Gasteiger partial charge in [-0.1, -0.05) is 27.3 Å². The maximum Gasteiger partial charge on any atom is 0.120 e. The van der Waals surface area contributed by atoms with Crippen LogP contribution < -0.4 is 0 Å². The summed E-state index contributed by atoms with van der Waals surface area (Å²) in [5, 5.41) is 19.4. The van der Waals surface area contributed by atoms with Crippen molar-refractivity contribution in [1.29, 1.82) is 0 Å². The highest BCUT2D eigenvalue weighted by molar-refractivity contribution is 14.2. The van der Waals surface area contributed by atoms with Gasteiger partial charge in [0.15, 0.2) is 0 Å². The lowest BCUT2D eigenvalue weighted by Gasteiger charge is -2.33. The molecule has 2 N–H and O–H groups in total. The number of aliphatic hydroxyl groups is 2. The predicted molar refractivity (Wildman–Crippen MR) is 75.6 cm³/mol. The molecule has 0 aromatic rings. The Morgan fingerprint density at radius 1 is 1.50 bits per heavy atom. The quantitative estimate of drug-likeness (QED) is 0.305. The zero-order valence-electron chi connectivity index (χ0n) is 10.2. The highest BCUT2D eigenvalue weighted by Crippen LogP contribution is 2.18. The Morgan fingerprint density at radius 2 is 2.12 bits per heavy atom. The van der Waals surface area contributed by atoms with Gasteiger partial charge in [-0.25, -0.2) is 0 Å². The van der Waals surface area contributed by atoms with E-state index >= 15 is 0 Å². The summed E-state index contributed by atoms with van der Waals surface area (Å²) < 4.78 is 3.34. The minimum Gasteiger partial charge on any atom is -0.396 e. The number of nitrogens with zero attached hydrogens (tertiary/aromatic N) is 1. The summed E-state index contributed by atoms with van der Waals surface area (Å²) in [5.74, 6) is 0. The van der Waals surface area contributed by atoms with E-state index in [0.717, 1.165) is 0 Å². The monoisotopic (exact) mass is 343 g/mol. The van der Waals surface area contributed by atoms with Crippen LogP contribution in [0.3, 0.4) is 0 Å². The Hall–Kier alpha value is 0.180. The van der Waals surface area contributed by atoms with E-state index in [2.05, 4.69) is 10.6 Å². The Labute approximate surface area is 108 Å². The van der Waals surface area contributed by atoms with Crippen molar-refractivity contribution in [2.24, 2.45) is 0 Å². The summed E-state index contributed by atoms with van der Waals surface area (Å²) in [4.78, 5) is 5.41. The van der Waals surface area contributed by atoms with E-state index in [0.29, 0.717) is 13.0 Å². The van der Waals surface area contributed by atoms with Crippen LogP contribution in [0.15, 0.2) is 10.2 Å². The van der Waals surface area contributed by atoms with Gasteiger partial charge in [-0.3, -0.25) is 4.84 Å². The predicted octanol–water partition coefficient (Wildman–Crippen LogP) is 1.64. The first kappa shape index (κ1) is 16.2. The first-order valence-corrected chi connectivity index (χ1v) is 7.52. The second-order valence-corrected chi connectivity index (χ2v) is 7.07. The van der Waals surface area contributed by atoms with Crippen LogP contribution >= 0.6 is 20.7 Å². The molecule has 5 heteroatoms. The summed E-state index contributed by atoms with van der Waals surface area (Å²) in [6.07, 6.45) is 0.572. The van der Waals surface area contributed by atoms with Crippen LogP contribution in [0.4, 0.5) is 0 Å². The fourth-order valence-electron chi connectivity index (χ4n) is 0.910. The lowest BCUT2D eigenvalue weighted by Crippen LogP contribution is -2.45. The molecule has 0 aromatic carbocycles. The molecular formula is C11H22INO3. The summed E-state index contributed by atoms with van der Waals surface area (Å²) >= 11 is -0.186. The van der Waals surface area contributed by atoms with Crippen molar-refractivity contribution < 1.29 is 15.1 Å². The fourth-order valence-corrected chi connectivity index (χ4v) is 2.51. The van der Waals surface area contributed by atoms with E-state index in [4.69, 9.17) is 9.94 Å². The van der Waals surface area contributed by atoms with Gasteiger partial charge in [0.1, 0.15) is 6.73 Å². The van der Waals surface area contributed by atoms with Gasteiger partial charge in [-0.2, -0.15) is 5.06 Å². The number of hydrogen-bond acceptors (Lipinski definition) is 4. The van der Waals surface area contributed by atoms with Crippen molar-refractivity contribution in [3.05, 3.63) is 10.2 Å². The highest BCUT2D eigenvalue weighted by atomic mass is 127. The summed E-state index contributed by atoms with van der Waals surface area (Å²) in [5.41, 5.74) is -0.309. The molecule has 96 valence electrons. The van der Waals surface area contributed by atoms with Gasteiger partial charge in [0.05, 0.1) is 12.1 Å². The largest absolute Gasteiger partial charge is 0.396 e. The minimum atomic E-state index is -0.309. The van der Waals surface area contributed by atoms with E-state index in [1.54, 1.807) is 0 Å². The Balaban J connectivity index is 4.35. The van der Waals surface area contributed by atoms with Gasteiger partial charge in [0.25, 0.3) is 0 Å². The maximum absolute atomic E-state index is 9.23. The topological polar surface area (TPSA) is 52.9 Å². The molecule has 16 heavy (non-hydrogen) atoms. The average Bonchev–Trinajstić information content (AvgIpc) is 2.21. The average molecular weight is 343 g/mol. The van der Waals surface area contributed by atoms with Crippen LogP contribution in [0.2, 0.25) is 0 Å². The lowest BCUT2D eigenvalue weighted by atomic mass is 10.1. The first-order chi connectivity index (χ1) is 7.44. The van der Waals surface area contributed by atoms with Crippen LogP contribution in [0.5, 0.6) is 0 Å². The van der Waals surface area contributed by atoms with Crippen LogP contribution in [0.25, 0.3) is 0 Å². The van der Waals surface area contributed by atoms with Crippen molar-refractivity contribution >= 4 is 24.7 Å². The molecule has 0 fully saturated rings. The number of rotatable bonds is 8. The molecule has 0 radical (unpaired) electrons. The van der Waals surface area contributed by atoms with Crippen molar-refractivity contribution in [2.45, 2.75) is 32.7 Å². The SMILES string of the molecule is C=C(C)I=CC(C)(C)N(CO)OCCCO. The van der Waals surface area contributed by atoms with Crippen LogP contribution in [0, 0.1) is 0 Å². The Bertz CT molecular complexity index is 241. The smallest absolute Gasteiger partial charge is 0.120 e. The minimum absolute atomic E-state index is 0.0993. The molecule has 4 nitrogen and oxygen atoms in total. The molecule has 0 heterocycles. The highest BCUT2D eigenvalue weighted by Gasteiger charge is 2.24. The Morgan fingerprint density at radius 3 is 2.56 bits per heavy atom. The van der Waals surface area contributed by atoms with Crippen LogP contribution in [-0.2, 0) is 4.84 Å². The molecule has 0 aromatic heterocycles. The molecule has 0 aliphatic carbocycles. The number of allylic oxidation sites excluding steroid dienone is 1. The number of halogens is 1. The maximum atomic E-state index is 9.23. The third-order valence-electron chi connectivity index (χ3n) is 1.83. The molecule has 0 aliphatic heterocycles. The standard InChI is InChI=1S/C11H22INO3/c1-10(2)12-8-11(3,4)13(9-15)16-7-5-6-14/h8,14-15H,1,5-7,9H2,2-4H3. The summed E-state index contributed by atoms with van der Waals surface area (Å²) in [6, 6.07) is 0. The molecule has 0 spiro atoms. The van der Waals surface area contributed by atoms with Crippen molar-refractivity contribution in [2.75, 3.05) is 19.9 Å². The van der Waals surface area contributed by atoms with Gasteiger partial charge >= 0.3 is 0 Å². The number of hydrogen-bond donors (Lipinski definition) is 2. The fraction of sp³-hybridized carbons (Fsp3) is 0.727. The molecule has 0 saturated carbocycles. The van der Waals surface area contributed by atoms with Gasteiger partial charge in [-0.15, -0.1) is 0 Å². The van der Waals surface area contributed by atoms with Crippen molar-refractivity contribution in [3.8, 4) is 0 Å². The van der Waals surface area contributed by atoms with Gasteiger partial charge < -0.3 is 10.2 Å². The molecule has 0 saturated heterocycles. The van der Waals surface area contributed by atoms with Crippen molar-refractivity contribution in [1.82, 2.24) is 5.06 Å². The van der Waals surface area contributed by atoms with Gasteiger partial charge in [0.2, 0.25) is 0 Å². The van der Waals surface area contributed by atoms with E-state index in [1.807, 2.05) is 20.8 Å². The van der Waals surface area contributed by atoms with Crippen LogP contribution in [0.1, 0.15) is 27.2 Å². The number of hydroxylamine groups is 2. The lowest BCUT2D eigenvalue weighted by molar-refractivity contribution is -0.229. The third kappa shape index (κ3) is 6.70. The third-order valence-corrected chi connectivity index (χ3v) is 4.73. The molecule has 0 unspecified atom stereocenters. The number of aliphatic hydroxyl groups excluding tert-OH is 2. The molecule has 0 aliphatic rings. The molecule has 0 atom stereocenters. The molecule has 0 amide bonds. The zero-order chi connectivity index (χ0) is 12.6. The second-order valence-electron chi connectivity index (χ2n) is 3.98. The normalized spacial score (nSPS) is 13.1. The van der Waals surface area contributed by atoms with Crippen molar-refractivity contribution in [3.63, 3.8) is 0 Å². The molecule has 0 bridgehead atoms. The summed E-state index contributed by atoms with van der Waals surface area (Å²) in [7, 11) is 0. The van der Waals surface area contributed by atoms with E-state index in [-0.39, 0.29) is 39.6 Å². The zero-order valence-corrected chi connectivity index (χ0v) is 12.4. The van der Waals surface area contributed by atoms with Crippen LogP contribution in [-0.4, -0.2) is 44.8 Å². The Kier molecular flexibility index (Phi) is 8.39. The van der Waals surface area contributed by atoms with E-state index < -0.39 is 0 Å². The second kappa shape index (κ2) is 8.30. The summed E-state index contributed by atoms with van der Waals surface area (Å²) in [6.45, 7) is 10.2. The molecular weight excluding hydrogens is 321 g/mol.